The third-order valence-electron chi connectivity index (χ3n) is 5.12. The summed E-state index contributed by atoms with van der Waals surface area (Å²) < 4.78 is 24.5. The summed E-state index contributed by atoms with van der Waals surface area (Å²) in [5.74, 6) is -0.767. The first-order valence-corrected chi connectivity index (χ1v) is 10.2. The molecule has 1 aliphatic rings. The van der Waals surface area contributed by atoms with Crippen LogP contribution in [0.1, 0.15) is 49.0 Å². The van der Waals surface area contributed by atoms with E-state index in [0.717, 1.165) is 5.56 Å². The second kappa shape index (κ2) is 9.28. The van der Waals surface area contributed by atoms with Gasteiger partial charge in [0.05, 0.1) is 12.2 Å². The molecule has 2 aromatic rings. The lowest BCUT2D eigenvalue weighted by molar-refractivity contribution is 0.00525. The minimum absolute atomic E-state index is 0.0489. The zero-order valence-electron chi connectivity index (χ0n) is 17.6. The molecule has 0 radical (unpaired) electrons. The number of rotatable bonds is 4. The average molecular weight is 413 g/mol. The molecular weight excluding hydrogens is 385 g/mol. The van der Waals surface area contributed by atoms with Gasteiger partial charge in [-0.3, -0.25) is 0 Å². The van der Waals surface area contributed by atoms with Gasteiger partial charge in [-0.25, -0.2) is 14.0 Å². The smallest absolute Gasteiger partial charge is 0.410 e. The van der Waals surface area contributed by atoms with Crippen LogP contribution >= 0.6 is 0 Å². The number of hydrogen-bond acceptors (Lipinski definition) is 4. The van der Waals surface area contributed by atoms with Crippen LogP contribution in [0.4, 0.5) is 9.18 Å². The molecule has 30 heavy (non-hydrogen) atoms. The number of hydrogen-bond donors (Lipinski definition) is 0. The Kier molecular flexibility index (Phi) is 6.75. The van der Waals surface area contributed by atoms with Gasteiger partial charge in [0.15, 0.2) is 0 Å². The Morgan fingerprint density at radius 2 is 1.73 bits per heavy atom. The molecule has 0 bridgehead atoms. The molecule has 0 aliphatic carbocycles. The molecule has 0 spiro atoms. The number of piperidine rings is 1. The zero-order chi connectivity index (χ0) is 21.7. The van der Waals surface area contributed by atoms with Crippen molar-refractivity contribution in [1.82, 2.24) is 4.90 Å². The third kappa shape index (κ3) is 5.81. The number of halogens is 1. The standard InChI is InChI=1S/C24H28FNO4/c1-24(2,3)30-23(28)26-14-13-21(17-9-11-20(25)12-10-17)19(15-26)16-29-22(27)18-7-5-4-6-8-18/h4-12,19,21H,13-16H2,1-3H3/t19-,21-/m0/s1. The molecule has 0 unspecified atom stereocenters. The summed E-state index contributed by atoms with van der Waals surface area (Å²) >= 11 is 0. The van der Waals surface area contributed by atoms with Gasteiger partial charge >= 0.3 is 12.1 Å². The Morgan fingerprint density at radius 3 is 2.37 bits per heavy atom. The highest BCUT2D eigenvalue weighted by molar-refractivity contribution is 5.89. The number of benzene rings is 2. The van der Waals surface area contributed by atoms with Crippen LogP contribution < -0.4 is 0 Å². The highest BCUT2D eigenvalue weighted by Gasteiger charge is 2.35. The van der Waals surface area contributed by atoms with Crippen molar-refractivity contribution in [3.8, 4) is 0 Å². The van der Waals surface area contributed by atoms with Crippen molar-refractivity contribution in [2.45, 2.75) is 38.7 Å². The predicted molar refractivity (Wildman–Crippen MR) is 112 cm³/mol. The van der Waals surface area contributed by atoms with Gasteiger partial charge in [0.25, 0.3) is 0 Å². The fourth-order valence-corrected chi connectivity index (χ4v) is 3.68. The Hall–Kier alpha value is -2.89. The van der Waals surface area contributed by atoms with Gasteiger partial charge in [0, 0.05) is 19.0 Å². The van der Waals surface area contributed by atoms with Crippen LogP contribution in [0.5, 0.6) is 0 Å². The Labute approximate surface area is 176 Å². The lowest BCUT2D eigenvalue weighted by Gasteiger charge is -2.39. The maximum atomic E-state index is 13.4. The van der Waals surface area contributed by atoms with Crippen LogP contribution in [0.2, 0.25) is 0 Å². The largest absolute Gasteiger partial charge is 0.462 e. The predicted octanol–water partition coefficient (Wildman–Crippen LogP) is 5.02. The number of likely N-dealkylation sites (tertiary alicyclic amines) is 1. The molecule has 0 N–H and O–H groups in total. The van der Waals surface area contributed by atoms with Crippen molar-refractivity contribution in [2.24, 2.45) is 5.92 Å². The molecule has 6 heteroatoms. The molecule has 1 fully saturated rings. The Morgan fingerprint density at radius 1 is 1.07 bits per heavy atom. The van der Waals surface area contributed by atoms with E-state index in [2.05, 4.69) is 0 Å². The van der Waals surface area contributed by atoms with Crippen molar-refractivity contribution < 1.29 is 23.5 Å². The van der Waals surface area contributed by atoms with Crippen molar-refractivity contribution in [2.75, 3.05) is 19.7 Å². The normalized spacial score (nSPS) is 19.3. The molecule has 1 amide bonds. The molecule has 1 heterocycles. The number of amides is 1. The van der Waals surface area contributed by atoms with E-state index in [0.29, 0.717) is 25.1 Å². The number of carbonyl (C=O) groups is 2. The van der Waals surface area contributed by atoms with E-state index in [1.807, 2.05) is 26.8 Å². The molecule has 0 saturated carbocycles. The topological polar surface area (TPSA) is 55.8 Å². The summed E-state index contributed by atoms with van der Waals surface area (Å²) in [6.45, 7) is 6.58. The fraction of sp³-hybridized carbons (Fsp3) is 0.417. The first kappa shape index (κ1) is 21.8. The Bertz CT molecular complexity index is 861. The molecule has 160 valence electrons. The number of ether oxygens (including phenoxy) is 2. The lowest BCUT2D eigenvalue weighted by Crippen LogP contribution is -2.46. The van der Waals surface area contributed by atoms with Gasteiger partial charge in [-0.1, -0.05) is 30.3 Å². The quantitative estimate of drug-likeness (QED) is 0.660. The molecule has 5 nitrogen and oxygen atoms in total. The maximum absolute atomic E-state index is 13.4. The van der Waals surface area contributed by atoms with Crippen LogP contribution in [0.15, 0.2) is 54.6 Å². The first-order chi connectivity index (χ1) is 14.2. The third-order valence-corrected chi connectivity index (χ3v) is 5.12. The summed E-state index contributed by atoms with van der Waals surface area (Å²) in [6.07, 6.45) is 0.303. The van der Waals surface area contributed by atoms with E-state index < -0.39 is 11.6 Å². The van der Waals surface area contributed by atoms with E-state index in [1.165, 1.54) is 12.1 Å². The van der Waals surface area contributed by atoms with Crippen molar-refractivity contribution in [1.29, 1.82) is 0 Å². The maximum Gasteiger partial charge on any atom is 0.410 e. The molecule has 1 aliphatic heterocycles. The van der Waals surface area contributed by atoms with Crippen LogP contribution in [0.3, 0.4) is 0 Å². The minimum Gasteiger partial charge on any atom is -0.462 e. The van der Waals surface area contributed by atoms with Gasteiger partial charge in [-0.2, -0.15) is 0 Å². The van der Waals surface area contributed by atoms with E-state index in [9.17, 15) is 14.0 Å². The van der Waals surface area contributed by atoms with Crippen molar-refractivity contribution >= 4 is 12.1 Å². The molecule has 2 aromatic carbocycles. The molecule has 3 rings (SSSR count). The molecule has 2 atom stereocenters. The van der Waals surface area contributed by atoms with Crippen LogP contribution in [-0.2, 0) is 9.47 Å². The van der Waals surface area contributed by atoms with Crippen LogP contribution in [0, 0.1) is 11.7 Å². The van der Waals surface area contributed by atoms with Gasteiger partial charge in [0.2, 0.25) is 0 Å². The highest BCUT2D eigenvalue weighted by Crippen LogP contribution is 2.34. The minimum atomic E-state index is -0.583. The van der Waals surface area contributed by atoms with E-state index in [4.69, 9.17) is 9.47 Å². The molecule has 0 aromatic heterocycles. The first-order valence-electron chi connectivity index (χ1n) is 10.2. The summed E-state index contributed by atoms with van der Waals surface area (Å²) in [4.78, 5) is 26.6. The summed E-state index contributed by atoms with van der Waals surface area (Å²) in [5, 5.41) is 0. The summed E-state index contributed by atoms with van der Waals surface area (Å²) in [6, 6.07) is 15.2. The molecular formula is C24H28FNO4. The monoisotopic (exact) mass is 413 g/mol. The zero-order valence-corrected chi connectivity index (χ0v) is 17.6. The summed E-state index contributed by atoms with van der Waals surface area (Å²) in [7, 11) is 0. The van der Waals surface area contributed by atoms with Gasteiger partial charge in [-0.15, -0.1) is 0 Å². The second-order valence-electron chi connectivity index (χ2n) is 8.60. The van der Waals surface area contributed by atoms with E-state index in [-0.39, 0.29) is 30.4 Å². The fourth-order valence-electron chi connectivity index (χ4n) is 3.68. The van der Waals surface area contributed by atoms with E-state index >= 15 is 0 Å². The van der Waals surface area contributed by atoms with Gasteiger partial charge in [0.1, 0.15) is 11.4 Å². The second-order valence-corrected chi connectivity index (χ2v) is 8.60. The Balaban J connectivity index is 1.73. The highest BCUT2D eigenvalue weighted by atomic mass is 19.1. The molecule has 1 saturated heterocycles. The van der Waals surface area contributed by atoms with Gasteiger partial charge in [-0.05, 0) is 62.9 Å². The van der Waals surface area contributed by atoms with Gasteiger partial charge < -0.3 is 14.4 Å². The number of carbonyl (C=O) groups excluding carboxylic acids is 2. The van der Waals surface area contributed by atoms with Crippen molar-refractivity contribution in [3.05, 3.63) is 71.5 Å². The number of esters is 1. The summed E-state index contributed by atoms with van der Waals surface area (Å²) in [5.41, 5.74) is 0.872. The lowest BCUT2D eigenvalue weighted by atomic mass is 9.81. The van der Waals surface area contributed by atoms with E-state index in [1.54, 1.807) is 41.3 Å². The van der Waals surface area contributed by atoms with Crippen LogP contribution in [-0.4, -0.2) is 42.3 Å². The van der Waals surface area contributed by atoms with Crippen LogP contribution in [0.25, 0.3) is 0 Å². The van der Waals surface area contributed by atoms with Crippen molar-refractivity contribution in [3.63, 3.8) is 0 Å². The SMILES string of the molecule is CC(C)(C)OC(=O)N1CC[C@@H](c2ccc(F)cc2)[C@H](COC(=O)c2ccccc2)C1. The average Bonchev–Trinajstić information content (AvgIpc) is 2.72. The number of nitrogens with zero attached hydrogens (tertiary/aromatic N) is 1.